The van der Waals surface area contributed by atoms with Crippen LogP contribution in [0.25, 0.3) is 11.0 Å². The molecule has 1 fully saturated rings. The molecule has 32 heavy (non-hydrogen) atoms. The zero-order chi connectivity index (χ0) is 22.7. The number of nitrogens with zero attached hydrogens (tertiary/aromatic N) is 4. The van der Waals surface area contributed by atoms with Crippen molar-refractivity contribution in [2.75, 3.05) is 31.1 Å². The van der Waals surface area contributed by atoms with Gasteiger partial charge in [-0.3, -0.25) is 9.69 Å². The summed E-state index contributed by atoms with van der Waals surface area (Å²) in [5.74, 6) is 5.92. The molecule has 1 N–H and O–H groups in total. The summed E-state index contributed by atoms with van der Waals surface area (Å²) in [4.78, 5) is 27.8. The number of nitrogens with one attached hydrogen (secondary N) is 1. The number of halogens is 2. The molecule has 9 heteroatoms. The van der Waals surface area contributed by atoms with Crippen molar-refractivity contribution in [1.82, 2.24) is 19.9 Å². The van der Waals surface area contributed by atoms with Crippen molar-refractivity contribution >= 4 is 16.7 Å². The van der Waals surface area contributed by atoms with Crippen LogP contribution in [0.3, 0.4) is 0 Å². The fraction of sp³-hybridized carbons (Fsp3) is 0.348. The van der Waals surface area contributed by atoms with Crippen LogP contribution in [0.5, 0.6) is 5.88 Å². The van der Waals surface area contributed by atoms with Gasteiger partial charge in [-0.1, -0.05) is 5.92 Å². The summed E-state index contributed by atoms with van der Waals surface area (Å²) in [5.41, 5.74) is 4.34. The van der Waals surface area contributed by atoms with E-state index in [1.165, 1.54) is 6.07 Å². The van der Waals surface area contributed by atoms with Gasteiger partial charge >= 0.3 is 6.61 Å². The molecule has 3 aromatic rings. The first-order valence-electron chi connectivity index (χ1n) is 10.3. The Labute approximate surface area is 184 Å². The second-order valence-corrected chi connectivity index (χ2v) is 7.56. The third-order valence-corrected chi connectivity index (χ3v) is 5.36. The molecule has 1 saturated heterocycles. The van der Waals surface area contributed by atoms with E-state index < -0.39 is 6.61 Å². The van der Waals surface area contributed by atoms with Crippen molar-refractivity contribution in [3.63, 3.8) is 0 Å². The fourth-order valence-corrected chi connectivity index (χ4v) is 3.81. The van der Waals surface area contributed by atoms with E-state index in [1.807, 2.05) is 12.1 Å². The van der Waals surface area contributed by atoms with Crippen LogP contribution < -0.4 is 15.2 Å². The number of H-pyrrole nitrogens is 1. The first kappa shape index (κ1) is 21.7. The molecule has 0 amide bonds. The number of alkyl halides is 2. The van der Waals surface area contributed by atoms with E-state index in [1.54, 1.807) is 26.1 Å². The minimum absolute atomic E-state index is 0.0904. The molecule has 0 aliphatic carbocycles. The molecule has 0 spiro atoms. The van der Waals surface area contributed by atoms with Gasteiger partial charge in [-0.25, -0.2) is 9.97 Å². The number of aromatic amines is 1. The first-order chi connectivity index (χ1) is 15.4. The van der Waals surface area contributed by atoms with Crippen molar-refractivity contribution in [3.05, 3.63) is 57.6 Å². The van der Waals surface area contributed by atoms with E-state index in [-0.39, 0.29) is 11.4 Å². The number of hydrogen-bond donors (Lipinski definition) is 1. The van der Waals surface area contributed by atoms with Crippen LogP contribution in [0.1, 0.15) is 23.7 Å². The molecular formula is C23H23F2N5O2. The Bertz CT molecular complexity index is 1220. The van der Waals surface area contributed by atoms with E-state index in [2.05, 4.69) is 41.3 Å². The number of pyridine rings is 1. The standard InChI is InChI=1S/C23H23F2N5O2/c1-3-4-17-11-16(12-19-21(17)27-15(2)22(31)28-19)14-29-7-9-30(10-8-29)18-5-6-20(26-13-18)32-23(24)25/h5-6,11-13,23H,7-10,14H2,1-2H3,(H,28,31). The topological polar surface area (TPSA) is 74.3 Å². The molecule has 1 aromatic carbocycles. The number of fused-ring (bicyclic) bond motifs is 1. The molecule has 2 aromatic heterocycles. The average molecular weight is 439 g/mol. The largest absolute Gasteiger partial charge is 0.417 e. The lowest BCUT2D eigenvalue weighted by molar-refractivity contribution is -0.0528. The smallest absolute Gasteiger partial charge is 0.388 e. The number of rotatable bonds is 5. The van der Waals surface area contributed by atoms with Gasteiger partial charge in [0.1, 0.15) is 11.2 Å². The number of piperazine rings is 1. The lowest BCUT2D eigenvalue weighted by atomic mass is 10.1. The van der Waals surface area contributed by atoms with E-state index in [9.17, 15) is 13.6 Å². The van der Waals surface area contributed by atoms with Crippen molar-refractivity contribution in [2.24, 2.45) is 0 Å². The van der Waals surface area contributed by atoms with Gasteiger partial charge in [-0.2, -0.15) is 8.78 Å². The molecule has 4 rings (SSSR count). The number of aryl methyl sites for hydroxylation is 1. The highest BCUT2D eigenvalue weighted by Gasteiger charge is 2.19. The highest BCUT2D eigenvalue weighted by atomic mass is 19.3. The van der Waals surface area contributed by atoms with Crippen LogP contribution in [0.15, 0.2) is 35.3 Å². The molecule has 1 aliphatic rings. The third-order valence-electron chi connectivity index (χ3n) is 5.36. The fourth-order valence-electron chi connectivity index (χ4n) is 3.81. The number of aromatic nitrogens is 3. The van der Waals surface area contributed by atoms with Crippen LogP contribution in [0.2, 0.25) is 0 Å². The van der Waals surface area contributed by atoms with Crippen molar-refractivity contribution < 1.29 is 13.5 Å². The van der Waals surface area contributed by atoms with Gasteiger partial charge < -0.3 is 14.6 Å². The molecule has 0 saturated carbocycles. The summed E-state index contributed by atoms with van der Waals surface area (Å²) >= 11 is 0. The van der Waals surface area contributed by atoms with E-state index in [0.29, 0.717) is 16.7 Å². The molecule has 0 radical (unpaired) electrons. The predicted octanol–water partition coefficient (Wildman–Crippen LogP) is 2.92. The van der Waals surface area contributed by atoms with Gasteiger partial charge in [0.2, 0.25) is 5.88 Å². The second-order valence-electron chi connectivity index (χ2n) is 7.56. The van der Waals surface area contributed by atoms with Gasteiger partial charge in [0, 0.05) is 38.8 Å². The van der Waals surface area contributed by atoms with Crippen LogP contribution in [0.4, 0.5) is 14.5 Å². The lowest BCUT2D eigenvalue weighted by Gasteiger charge is -2.36. The summed E-state index contributed by atoms with van der Waals surface area (Å²) in [6.07, 6.45) is 1.55. The highest BCUT2D eigenvalue weighted by Crippen LogP contribution is 2.21. The Morgan fingerprint density at radius 3 is 2.66 bits per heavy atom. The van der Waals surface area contributed by atoms with Gasteiger partial charge in [0.15, 0.2) is 0 Å². The summed E-state index contributed by atoms with van der Waals surface area (Å²) in [6.45, 7) is 4.51. The Kier molecular flexibility index (Phi) is 6.32. The van der Waals surface area contributed by atoms with Crippen molar-refractivity contribution in [3.8, 4) is 17.7 Å². The zero-order valence-electron chi connectivity index (χ0n) is 17.9. The zero-order valence-corrected chi connectivity index (χ0v) is 17.9. The van der Waals surface area contributed by atoms with E-state index in [0.717, 1.165) is 49.5 Å². The SMILES string of the molecule is CC#Cc1cc(CN2CCN(c3ccc(OC(F)F)nc3)CC2)cc2[nH]c(=O)c(C)nc12. The molecule has 7 nitrogen and oxygen atoms in total. The summed E-state index contributed by atoms with van der Waals surface area (Å²) < 4.78 is 28.9. The van der Waals surface area contributed by atoms with E-state index >= 15 is 0 Å². The molecular weight excluding hydrogens is 416 g/mol. The maximum absolute atomic E-state index is 12.3. The first-order valence-corrected chi connectivity index (χ1v) is 10.3. The summed E-state index contributed by atoms with van der Waals surface area (Å²) in [7, 11) is 0. The van der Waals surface area contributed by atoms with Crippen LogP contribution in [0, 0.1) is 18.8 Å². The van der Waals surface area contributed by atoms with Crippen molar-refractivity contribution in [2.45, 2.75) is 27.0 Å². The predicted molar refractivity (Wildman–Crippen MR) is 118 cm³/mol. The normalized spacial score (nSPS) is 14.5. The van der Waals surface area contributed by atoms with Gasteiger partial charge in [0.05, 0.1) is 23.0 Å². The Morgan fingerprint density at radius 2 is 2.00 bits per heavy atom. The number of ether oxygens (including phenoxy) is 1. The lowest BCUT2D eigenvalue weighted by Crippen LogP contribution is -2.46. The molecule has 0 bridgehead atoms. The molecule has 0 unspecified atom stereocenters. The Hall–Kier alpha value is -3.51. The maximum Gasteiger partial charge on any atom is 0.388 e. The Morgan fingerprint density at radius 1 is 1.22 bits per heavy atom. The van der Waals surface area contributed by atoms with Crippen LogP contribution in [-0.2, 0) is 6.54 Å². The molecule has 3 heterocycles. The minimum Gasteiger partial charge on any atom is -0.417 e. The van der Waals surface area contributed by atoms with E-state index in [4.69, 9.17) is 0 Å². The quantitative estimate of drug-likeness (QED) is 0.617. The molecule has 1 aliphatic heterocycles. The van der Waals surface area contributed by atoms with Crippen LogP contribution in [-0.4, -0.2) is 52.6 Å². The number of hydrogen-bond acceptors (Lipinski definition) is 6. The average Bonchev–Trinajstić information content (AvgIpc) is 2.76. The number of anilines is 1. The molecule has 0 atom stereocenters. The van der Waals surface area contributed by atoms with Crippen LogP contribution >= 0.6 is 0 Å². The molecule has 166 valence electrons. The number of benzene rings is 1. The monoisotopic (exact) mass is 439 g/mol. The third kappa shape index (κ3) is 4.86. The van der Waals surface area contributed by atoms with Gasteiger partial charge in [-0.05, 0) is 37.6 Å². The Balaban J connectivity index is 1.45. The summed E-state index contributed by atoms with van der Waals surface area (Å²) in [5, 5.41) is 0. The highest BCUT2D eigenvalue weighted by molar-refractivity contribution is 5.82. The maximum atomic E-state index is 12.3. The second kappa shape index (κ2) is 9.32. The summed E-state index contributed by atoms with van der Waals surface area (Å²) in [6, 6.07) is 7.18. The van der Waals surface area contributed by atoms with Crippen molar-refractivity contribution in [1.29, 1.82) is 0 Å². The van der Waals surface area contributed by atoms with Gasteiger partial charge in [0.25, 0.3) is 5.56 Å². The van der Waals surface area contributed by atoms with Gasteiger partial charge in [-0.15, -0.1) is 5.92 Å². The minimum atomic E-state index is -2.88.